The number of hydrazone groups is 1. The Balaban J connectivity index is 1.97. The maximum atomic E-state index is 11.8. The smallest absolute Gasteiger partial charge is 0.277 e. The van der Waals surface area contributed by atoms with E-state index >= 15 is 0 Å². The first kappa shape index (κ1) is 20.2. The second-order valence-corrected chi connectivity index (χ2v) is 5.94. The molecule has 0 atom stereocenters. The molecule has 0 heterocycles. The molecule has 0 spiro atoms. The summed E-state index contributed by atoms with van der Waals surface area (Å²) in [6, 6.07) is 9.21. The number of halogens is 1. The van der Waals surface area contributed by atoms with Crippen LogP contribution < -0.4 is 14.9 Å². The summed E-state index contributed by atoms with van der Waals surface area (Å²) in [6.07, 6.45) is 1.10. The van der Waals surface area contributed by atoms with Crippen LogP contribution in [0.3, 0.4) is 0 Å². The van der Waals surface area contributed by atoms with E-state index < -0.39 is 10.8 Å². The lowest BCUT2D eigenvalue weighted by molar-refractivity contribution is -0.385. The van der Waals surface area contributed by atoms with E-state index in [-0.39, 0.29) is 28.1 Å². The number of hydrogen-bond donors (Lipinski definition) is 2. The molecule has 0 aliphatic heterocycles. The lowest BCUT2D eigenvalue weighted by atomic mass is 10.2. The zero-order chi connectivity index (χ0) is 19.8. The van der Waals surface area contributed by atoms with E-state index in [1.807, 2.05) is 6.92 Å². The third kappa shape index (κ3) is 5.68. The minimum atomic E-state index is -0.607. The predicted octanol–water partition coefficient (Wildman–Crippen LogP) is 2.99. The molecule has 0 saturated carbocycles. The molecule has 0 aliphatic rings. The molecular weight excluding hydrogens is 422 g/mol. The van der Waals surface area contributed by atoms with Crippen molar-refractivity contribution in [2.75, 3.05) is 13.2 Å². The lowest BCUT2D eigenvalue weighted by Crippen LogP contribution is -2.24. The fraction of sp³-hybridized carbons (Fsp3) is 0.176. The van der Waals surface area contributed by atoms with Gasteiger partial charge >= 0.3 is 0 Å². The highest BCUT2D eigenvalue weighted by Crippen LogP contribution is 2.31. The molecule has 0 aliphatic carbocycles. The minimum absolute atomic E-state index is 0.0685. The summed E-state index contributed by atoms with van der Waals surface area (Å²) >= 11 is 3.02. The molecule has 2 aromatic carbocycles. The lowest BCUT2D eigenvalue weighted by Gasteiger charge is -2.10. The predicted molar refractivity (Wildman–Crippen MR) is 101 cm³/mol. The van der Waals surface area contributed by atoms with Crippen molar-refractivity contribution in [3.05, 3.63) is 56.5 Å². The van der Waals surface area contributed by atoms with Crippen LogP contribution >= 0.6 is 15.9 Å². The number of nitro benzene ring substituents is 1. The van der Waals surface area contributed by atoms with Gasteiger partial charge in [-0.15, -0.1) is 0 Å². The average molecular weight is 438 g/mol. The first-order chi connectivity index (χ1) is 12.9. The maximum Gasteiger partial charge on any atom is 0.277 e. The Morgan fingerprint density at radius 2 is 2.00 bits per heavy atom. The molecule has 0 radical (unpaired) electrons. The second kappa shape index (κ2) is 9.53. The normalized spacial score (nSPS) is 10.6. The Morgan fingerprint density at radius 3 is 2.63 bits per heavy atom. The highest BCUT2D eigenvalue weighted by atomic mass is 79.9. The molecule has 9 nitrogen and oxygen atoms in total. The van der Waals surface area contributed by atoms with Crippen molar-refractivity contribution in [3.63, 3.8) is 0 Å². The van der Waals surface area contributed by atoms with Crippen LogP contribution in [0, 0.1) is 10.1 Å². The van der Waals surface area contributed by atoms with E-state index in [0.29, 0.717) is 18.1 Å². The maximum absolute atomic E-state index is 11.8. The number of non-ortho nitro benzene ring substituents is 1. The number of rotatable bonds is 8. The SMILES string of the molecule is CCOc1ccccc1OCC(=O)N/N=C\c1cc([N+](=O)[O-])cc(Br)c1O. The van der Waals surface area contributed by atoms with Gasteiger partial charge in [0.05, 0.1) is 22.2 Å². The number of aromatic hydroxyl groups is 1. The zero-order valence-corrected chi connectivity index (χ0v) is 15.8. The fourth-order valence-corrected chi connectivity index (χ4v) is 2.47. The van der Waals surface area contributed by atoms with Crippen LogP contribution in [0.4, 0.5) is 5.69 Å². The van der Waals surface area contributed by atoms with Crippen LogP contribution in [0.15, 0.2) is 46.0 Å². The summed E-state index contributed by atoms with van der Waals surface area (Å²) in [7, 11) is 0. The molecule has 2 aromatic rings. The molecular formula is C17H16BrN3O6. The minimum Gasteiger partial charge on any atom is -0.506 e. The number of phenols is 1. The Bertz CT molecular complexity index is 872. The highest BCUT2D eigenvalue weighted by Gasteiger charge is 2.13. The molecule has 0 unspecified atom stereocenters. The number of phenolic OH excluding ortho intramolecular Hbond substituents is 1. The van der Waals surface area contributed by atoms with Crippen LogP contribution in [0.25, 0.3) is 0 Å². The molecule has 1 amide bonds. The van der Waals surface area contributed by atoms with Gasteiger partial charge in [0.15, 0.2) is 18.1 Å². The van der Waals surface area contributed by atoms with E-state index in [0.717, 1.165) is 18.3 Å². The van der Waals surface area contributed by atoms with Gasteiger partial charge in [-0.25, -0.2) is 5.43 Å². The van der Waals surface area contributed by atoms with Crippen LogP contribution in [-0.2, 0) is 4.79 Å². The number of nitrogens with one attached hydrogen (secondary N) is 1. The summed E-state index contributed by atoms with van der Waals surface area (Å²) in [4.78, 5) is 22.1. The standard InChI is InChI=1S/C17H16BrN3O6/c1-2-26-14-5-3-4-6-15(14)27-10-16(22)20-19-9-11-7-12(21(24)25)8-13(18)17(11)23/h3-9,23H,2,10H2,1H3,(H,20,22)/b19-9-. The van der Waals surface area contributed by atoms with Crippen LogP contribution in [0.1, 0.15) is 12.5 Å². The molecule has 0 bridgehead atoms. The molecule has 2 rings (SSSR count). The van der Waals surface area contributed by atoms with Crippen molar-refractivity contribution in [1.29, 1.82) is 0 Å². The number of benzene rings is 2. The number of amides is 1. The van der Waals surface area contributed by atoms with Crippen molar-refractivity contribution in [3.8, 4) is 17.2 Å². The van der Waals surface area contributed by atoms with E-state index in [2.05, 4.69) is 26.5 Å². The van der Waals surface area contributed by atoms with Crippen LogP contribution in [-0.4, -0.2) is 35.4 Å². The third-order valence-corrected chi connectivity index (χ3v) is 3.79. The molecule has 0 aromatic heterocycles. The second-order valence-electron chi connectivity index (χ2n) is 5.08. The molecule has 142 valence electrons. The van der Waals surface area contributed by atoms with Gasteiger partial charge in [-0.1, -0.05) is 12.1 Å². The fourth-order valence-electron chi connectivity index (χ4n) is 2.00. The quantitative estimate of drug-likeness (QED) is 0.371. The first-order valence-corrected chi connectivity index (χ1v) is 8.55. The number of nitrogens with zero attached hydrogens (tertiary/aromatic N) is 2. The summed E-state index contributed by atoms with van der Waals surface area (Å²) in [6.45, 7) is 1.98. The summed E-state index contributed by atoms with van der Waals surface area (Å²) in [5.41, 5.74) is 2.05. The van der Waals surface area contributed by atoms with E-state index in [1.54, 1.807) is 24.3 Å². The monoisotopic (exact) mass is 437 g/mol. The van der Waals surface area contributed by atoms with E-state index in [1.165, 1.54) is 0 Å². The molecule has 0 fully saturated rings. The average Bonchev–Trinajstić information content (AvgIpc) is 2.64. The van der Waals surface area contributed by atoms with Crippen molar-refractivity contribution < 1.29 is 24.3 Å². The van der Waals surface area contributed by atoms with Gasteiger partial charge in [0.25, 0.3) is 11.6 Å². The molecule has 10 heteroatoms. The van der Waals surface area contributed by atoms with E-state index in [9.17, 15) is 20.0 Å². The van der Waals surface area contributed by atoms with Gasteiger partial charge < -0.3 is 14.6 Å². The van der Waals surface area contributed by atoms with E-state index in [4.69, 9.17) is 9.47 Å². The third-order valence-electron chi connectivity index (χ3n) is 3.19. The van der Waals surface area contributed by atoms with Crippen molar-refractivity contribution in [2.24, 2.45) is 5.10 Å². The van der Waals surface area contributed by atoms with Gasteiger partial charge in [0, 0.05) is 17.7 Å². The Labute approximate surface area is 162 Å². The van der Waals surface area contributed by atoms with Crippen molar-refractivity contribution in [1.82, 2.24) is 5.43 Å². The van der Waals surface area contributed by atoms with Gasteiger partial charge in [-0.3, -0.25) is 14.9 Å². The van der Waals surface area contributed by atoms with Gasteiger partial charge in [0.1, 0.15) is 5.75 Å². The van der Waals surface area contributed by atoms with Gasteiger partial charge in [-0.05, 0) is 35.0 Å². The zero-order valence-electron chi connectivity index (χ0n) is 14.2. The van der Waals surface area contributed by atoms with Crippen LogP contribution in [0.5, 0.6) is 17.2 Å². The highest BCUT2D eigenvalue weighted by molar-refractivity contribution is 9.10. The largest absolute Gasteiger partial charge is 0.506 e. The summed E-state index contributed by atoms with van der Waals surface area (Å²) < 4.78 is 10.9. The number of hydrogen-bond acceptors (Lipinski definition) is 7. The number of para-hydroxylation sites is 2. The number of ether oxygens (including phenoxy) is 2. The molecule has 0 saturated heterocycles. The van der Waals surface area contributed by atoms with Crippen molar-refractivity contribution >= 4 is 33.7 Å². The summed E-state index contributed by atoms with van der Waals surface area (Å²) in [5, 5.41) is 24.4. The Morgan fingerprint density at radius 1 is 1.33 bits per heavy atom. The molecule has 2 N–H and O–H groups in total. The molecule has 27 heavy (non-hydrogen) atoms. The number of nitro groups is 1. The van der Waals surface area contributed by atoms with Crippen molar-refractivity contribution in [2.45, 2.75) is 6.92 Å². The van der Waals surface area contributed by atoms with Gasteiger partial charge in [-0.2, -0.15) is 5.10 Å². The number of carbonyl (C=O) groups is 1. The first-order valence-electron chi connectivity index (χ1n) is 7.75. The summed E-state index contributed by atoms with van der Waals surface area (Å²) in [5.74, 6) is 0.142. The van der Waals surface area contributed by atoms with Gasteiger partial charge in [0.2, 0.25) is 0 Å². The van der Waals surface area contributed by atoms with Crippen LogP contribution in [0.2, 0.25) is 0 Å². The topological polar surface area (TPSA) is 123 Å². The Kier molecular flexibility index (Phi) is 7.12. The Hall–Kier alpha value is -3.14. The number of carbonyl (C=O) groups excluding carboxylic acids is 1.